The van der Waals surface area contributed by atoms with Gasteiger partial charge in [0.15, 0.2) is 0 Å². The SMILES string of the molecule is C[C@H]1CCCC[C@@H]1N1CCC(C)(C)C1. The molecule has 2 fully saturated rings. The van der Waals surface area contributed by atoms with Crippen molar-refractivity contribution in [3.63, 3.8) is 0 Å². The molecular weight excluding hydrogens is 170 g/mol. The Morgan fingerprint density at radius 2 is 1.86 bits per heavy atom. The van der Waals surface area contributed by atoms with E-state index in [2.05, 4.69) is 25.7 Å². The van der Waals surface area contributed by atoms with E-state index in [0.717, 1.165) is 12.0 Å². The lowest BCUT2D eigenvalue weighted by Gasteiger charge is -2.36. The molecule has 0 aromatic heterocycles. The average Bonchev–Trinajstić information content (AvgIpc) is 2.47. The lowest BCUT2D eigenvalue weighted by Crippen LogP contribution is -2.40. The summed E-state index contributed by atoms with van der Waals surface area (Å²) in [6, 6.07) is 0.908. The monoisotopic (exact) mass is 195 g/mol. The van der Waals surface area contributed by atoms with Gasteiger partial charge >= 0.3 is 0 Å². The van der Waals surface area contributed by atoms with E-state index in [1.165, 1.54) is 45.2 Å². The second-order valence-electron chi connectivity index (χ2n) is 6.21. The molecule has 1 aliphatic carbocycles. The smallest absolute Gasteiger partial charge is 0.0121 e. The highest BCUT2D eigenvalue weighted by molar-refractivity contribution is 4.89. The van der Waals surface area contributed by atoms with E-state index in [9.17, 15) is 0 Å². The summed E-state index contributed by atoms with van der Waals surface area (Å²) in [4.78, 5) is 2.77. The first-order chi connectivity index (χ1) is 6.58. The van der Waals surface area contributed by atoms with Gasteiger partial charge in [0.05, 0.1) is 0 Å². The zero-order valence-corrected chi connectivity index (χ0v) is 10.1. The Labute approximate surface area is 88.9 Å². The molecule has 1 aliphatic heterocycles. The third kappa shape index (κ3) is 2.13. The second-order valence-corrected chi connectivity index (χ2v) is 6.21. The van der Waals surface area contributed by atoms with Crippen molar-refractivity contribution in [2.45, 2.75) is 58.9 Å². The lowest BCUT2D eigenvalue weighted by molar-refractivity contribution is 0.127. The van der Waals surface area contributed by atoms with Crippen LogP contribution in [0.15, 0.2) is 0 Å². The molecule has 0 unspecified atom stereocenters. The maximum atomic E-state index is 2.77. The molecule has 2 rings (SSSR count). The Morgan fingerprint density at radius 3 is 2.43 bits per heavy atom. The van der Waals surface area contributed by atoms with Crippen LogP contribution in [0.2, 0.25) is 0 Å². The average molecular weight is 195 g/mol. The molecule has 2 atom stereocenters. The van der Waals surface area contributed by atoms with Crippen LogP contribution in [0.3, 0.4) is 0 Å². The predicted molar refractivity (Wildman–Crippen MR) is 61.4 cm³/mol. The zero-order chi connectivity index (χ0) is 10.2. The summed E-state index contributed by atoms with van der Waals surface area (Å²) in [5, 5.41) is 0. The van der Waals surface area contributed by atoms with Crippen LogP contribution in [-0.2, 0) is 0 Å². The first kappa shape index (κ1) is 10.5. The highest BCUT2D eigenvalue weighted by Crippen LogP contribution is 2.36. The van der Waals surface area contributed by atoms with Gasteiger partial charge in [-0.2, -0.15) is 0 Å². The number of likely N-dealkylation sites (tertiary alicyclic amines) is 1. The van der Waals surface area contributed by atoms with Gasteiger partial charge in [0, 0.05) is 12.6 Å². The molecule has 0 spiro atoms. The van der Waals surface area contributed by atoms with Gasteiger partial charge in [0.25, 0.3) is 0 Å². The van der Waals surface area contributed by atoms with Crippen molar-refractivity contribution in [3.8, 4) is 0 Å². The van der Waals surface area contributed by atoms with Gasteiger partial charge in [-0.15, -0.1) is 0 Å². The van der Waals surface area contributed by atoms with E-state index < -0.39 is 0 Å². The topological polar surface area (TPSA) is 3.24 Å². The molecule has 2 aliphatic rings. The van der Waals surface area contributed by atoms with Crippen LogP contribution in [-0.4, -0.2) is 24.0 Å². The summed E-state index contributed by atoms with van der Waals surface area (Å²) >= 11 is 0. The number of hydrogen-bond acceptors (Lipinski definition) is 1. The lowest BCUT2D eigenvalue weighted by atomic mass is 9.85. The van der Waals surface area contributed by atoms with Crippen molar-refractivity contribution in [2.24, 2.45) is 11.3 Å². The quantitative estimate of drug-likeness (QED) is 0.620. The number of rotatable bonds is 1. The highest BCUT2D eigenvalue weighted by Gasteiger charge is 2.35. The fraction of sp³-hybridized carbons (Fsp3) is 1.00. The molecule has 0 aromatic rings. The largest absolute Gasteiger partial charge is 0.300 e. The molecule has 1 saturated carbocycles. The van der Waals surface area contributed by atoms with Crippen LogP contribution < -0.4 is 0 Å². The maximum Gasteiger partial charge on any atom is 0.0121 e. The van der Waals surface area contributed by atoms with Crippen molar-refractivity contribution >= 4 is 0 Å². The molecule has 82 valence electrons. The molecular formula is C13H25N. The fourth-order valence-corrected chi connectivity index (χ4v) is 3.28. The normalized spacial score (nSPS) is 38.8. The van der Waals surface area contributed by atoms with Gasteiger partial charge in [-0.25, -0.2) is 0 Å². The zero-order valence-electron chi connectivity index (χ0n) is 10.1. The standard InChI is InChI=1S/C13H25N/c1-11-6-4-5-7-12(11)14-9-8-13(2,3)10-14/h11-12H,4-10H2,1-3H3/t11-,12-/m0/s1. The molecule has 1 heterocycles. The van der Waals surface area contributed by atoms with Crippen molar-refractivity contribution in [1.82, 2.24) is 4.90 Å². The summed E-state index contributed by atoms with van der Waals surface area (Å²) < 4.78 is 0. The summed E-state index contributed by atoms with van der Waals surface area (Å²) in [6.07, 6.45) is 7.25. The number of nitrogens with zero attached hydrogens (tertiary/aromatic N) is 1. The minimum Gasteiger partial charge on any atom is -0.300 e. The highest BCUT2D eigenvalue weighted by atomic mass is 15.2. The van der Waals surface area contributed by atoms with Crippen LogP contribution in [0.25, 0.3) is 0 Å². The Morgan fingerprint density at radius 1 is 1.14 bits per heavy atom. The Kier molecular flexibility index (Phi) is 2.88. The first-order valence-corrected chi connectivity index (χ1v) is 6.32. The van der Waals surface area contributed by atoms with Gasteiger partial charge in [0.1, 0.15) is 0 Å². The van der Waals surface area contributed by atoms with Crippen molar-refractivity contribution in [2.75, 3.05) is 13.1 Å². The van der Waals surface area contributed by atoms with E-state index in [1.54, 1.807) is 0 Å². The van der Waals surface area contributed by atoms with Gasteiger partial charge in [-0.05, 0) is 37.1 Å². The Hall–Kier alpha value is -0.0400. The van der Waals surface area contributed by atoms with Crippen LogP contribution in [0.5, 0.6) is 0 Å². The van der Waals surface area contributed by atoms with E-state index in [4.69, 9.17) is 0 Å². The van der Waals surface area contributed by atoms with E-state index in [-0.39, 0.29) is 0 Å². The fourth-order valence-electron chi connectivity index (χ4n) is 3.28. The second kappa shape index (κ2) is 3.84. The van der Waals surface area contributed by atoms with Crippen LogP contribution in [0.4, 0.5) is 0 Å². The van der Waals surface area contributed by atoms with E-state index in [0.29, 0.717) is 5.41 Å². The van der Waals surface area contributed by atoms with E-state index >= 15 is 0 Å². The maximum absolute atomic E-state index is 2.77. The molecule has 0 N–H and O–H groups in total. The molecule has 0 amide bonds. The summed E-state index contributed by atoms with van der Waals surface area (Å²) in [6.45, 7) is 9.97. The Balaban J connectivity index is 1.95. The molecule has 0 bridgehead atoms. The minimum absolute atomic E-state index is 0.581. The third-order valence-electron chi connectivity index (χ3n) is 4.24. The van der Waals surface area contributed by atoms with E-state index in [1.807, 2.05) is 0 Å². The molecule has 1 heteroatoms. The molecule has 0 radical (unpaired) electrons. The molecule has 14 heavy (non-hydrogen) atoms. The van der Waals surface area contributed by atoms with Gasteiger partial charge in [0.2, 0.25) is 0 Å². The van der Waals surface area contributed by atoms with Crippen molar-refractivity contribution < 1.29 is 0 Å². The number of hydrogen-bond donors (Lipinski definition) is 0. The molecule has 1 saturated heterocycles. The minimum atomic E-state index is 0.581. The Bertz CT molecular complexity index is 197. The van der Waals surface area contributed by atoms with Crippen molar-refractivity contribution in [1.29, 1.82) is 0 Å². The van der Waals surface area contributed by atoms with Crippen LogP contribution in [0.1, 0.15) is 52.9 Å². The summed E-state index contributed by atoms with van der Waals surface area (Å²) in [5.74, 6) is 0.942. The summed E-state index contributed by atoms with van der Waals surface area (Å²) in [5.41, 5.74) is 0.581. The molecule has 1 nitrogen and oxygen atoms in total. The van der Waals surface area contributed by atoms with Gasteiger partial charge < -0.3 is 0 Å². The predicted octanol–water partition coefficient (Wildman–Crippen LogP) is 3.30. The van der Waals surface area contributed by atoms with Crippen LogP contribution in [0, 0.1) is 11.3 Å². The van der Waals surface area contributed by atoms with Crippen molar-refractivity contribution in [3.05, 3.63) is 0 Å². The first-order valence-electron chi connectivity index (χ1n) is 6.32. The van der Waals surface area contributed by atoms with Gasteiger partial charge in [-0.3, -0.25) is 4.90 Å². The van der Waals surface area contributed by atoms with Crippen LogP contribution >= 0.6 is 0 Å². The summed E-state index contributed by atoms with van der Waals surface area (Å²) in [7, 11) is 0. The van der Waals surface area contributed by atoms with Gasteiger partial charge in [-0.1, -0.05) is 33.6 Å². The molecule has 0 aromatic carbocycles. The third-order valence-corrected chi connectivity index (χ3v) is 4.24.